The van der Waals surface area contributed by atoms with Crippen LogP contribution >= 0.6 is 0 Å². The fraction of sp³-hybridized carbons (Fsp3) is 0.381. The van der Waals surface area contributed by atoms with E-state index in [1.165, 1.54) is 13.2 Å². The van der Waals surface area contributed by atoms with E-state index in [1.54, 1.807) is 6.07 Å². The number of hydrogen-bond acceptors (Lipinski definition) is 3. The lowest BCUT2D eigenvalue weighted by Gasteiger charge is -2.37. The van der Waals surface area contributed by atoms with Crippen LogP contribution in [0.1, 0.15) is 35.6 Å². The van der Waals surface area contributed by atoms with Gasteiger partial charge in [-0.3, -0.25) is 9.69 Å². The molecule has 5 heteroatoms. The Morgan fingerprint density at radius 2 is 1.88 bits per heavy atom. The number of hydrogen-bond donors (Lipinski definition) is 1. The monoisotopic (exact) mass is 357 g/mol. The molecule has 2 aromatic carbocycles. The van der Waals surface area contributed by atoms with E-state index in [1.807, 2.05) is 31.2 Å². The van der Waals surface area contributed by atoms with Crippen molar-refractivity contribution in [3.8, 4) is 5.75 Å². The van der Waals surface area contributed by atoms with E-state index in [2.05, 4.69) is 11.0 Å². The molecule has 1 atom stereocenters. The fourth-order valence-corrected chi connectivity index (χ4v) is 3.71. The van der Waals surface area contributed by atoms with Crippen LogP contribution in [-0.2, 0) is 4.79 Å². The van der Waals surface area contributed by atoms with Gasteiger partial charge in [0.2, 0.25) is 0 Å². The van der Waals surface area contributed by atoms with Gasteiger partial charge in [0.05, 0.1) is 19.1 Å². The topological polar surface area (TPSA) is 49.8 Å². The molecule has 1 saturated heterocycles. The Hall–Kier alpha value is -2.40. The first-order chi connectivity index (χ1) is 12.5. The Morgan fingerprint density at radius 1 is 1.19 bits per heavy atom. The number of methoxy groups -OCH3 is 1. The second-order valence-electron chi connectivity index (χ2n) is 6.86. The number of piperidine rings is 1. The quantitative estimate of drug-likeness (QED) is 0.878. The first-order valence-corrected chi connectivity index (χ1v) is 8.86. The van der Waals surface area contributed by atoms with Gasteiger partial charge in [-0.05, 0) is 56.1 Å². The molecule has 0 saturated carbocycles. The van der Waals surface area contributed by atoms with Gasteiger partial charge in [-0.25, -0.2) is 4.39 Å². The van der Waals surface area contributed by atoms with Crippen LogP contribution in [0.15, 0.2) is 42.5 Å². The summed E-state index contributed by atoms with van der Waals surface area (Å²) >= 11 is 0. The number of likely N-dealkylation sites (tertiary alicyclic amines) is 1. The highest BCUT2D eigenvalue weighted by atomic mass is 19.1. The lowest BCUT2D eigenvalue weighted by Crippen LogP contribution is -2.39. The zero-order valence-corrected chi connectivity index (χ0v) is 15.1. The summed E-state index contributed by atoms with van der Waals surface area (Å²) < 4.78 is 19.4. The number of halogens is 1. The predicted octanol–water partition coefficient (Wildman–Crippen LogP) is 4.03. The Labute approximate surface area is 153 Å². The van der Waals surface area contributed by atoms with Crippen LogP contribution in [0.3, 0.4) is 0 Å². The first kappa shape index (κ1) is 18.4. The maximum absolute atomic E-state index is 14.3. The van der Waals surface area contributed by atoms with Crippen LogP contribution < -0.4 is 4.74 Å². The van der Waals surface area contributed by atoms with Gasteiger partial charge in [0.1, 0.15) is 0 Å². The minimum Gasteiger partial charge on any atom is -0.494 e. The van der Waals surface area contributed by atoms with E-state index in [4.69, 9.17) is 4.74 Å². The van der Waals surface area contributed by atoms with Gasteiger partial charge >= 0.3 is 5.97 Å². The van der Waals surface area contributed by atoms with Gasteiger partial charge in [0, 0.05) is 0 Å². The highest BCUT2D eigenvalue weighted by Gasteiger charge is 2.30. The van der Waals surface area contributed by atoms with Gasteiger partial charge < -0.3 is 9.84 Å². The van der Waals surface area contributed by atoms with Crippen LogP contribution in [0.2, 0.25) is 0 Å². The number of nitrogens with zero attached hydrogens (tertiary/aromatic N) is 1. The van der Waals surface area contributed by atoms with Crippen LogP contribution in [0.4, 0.5) is 4.39 Å². The molecule has 1 aliphatic rings. The number of benzene rings is 2. The maximum Gasteiger partial charge on any atom is 0.306 e. The fourth-order valence-electron chi connectivity index (χ4n) is 3.71. The summed E-state index contributed by atoms with van der Waals surface area (Å²) in [7, 11) is 1.45. The predicted molar refractivity (Wildman–Crippen MR) is 97.9 cm³/mol. The van der Waals surface area contributed by atoms with E-state index >= 15 is 0 Å². The number of aliphatic carboxylic acids is 1. The van der Waals surface area contributed by atoms with Gasteiger partial charge in [0.15, 0.2) is 11.6 Å². The molecule has 1 unspecified atom stereocenters. The average molecular weight is 357 g/mol. The molecule has 4 nitrogen and oxygen atoms in total. The van der Waals surface area contributed by atoms with Crippen LogP contribution in [0, 0.1) is 18.7 Å². The summed E-state index contributed by atoms with van der Waals surface area (Å²) in [5.74, 6) is -1.19. The van der Waals surface area contributed by atoms with E-state index < -0.39 is 5.97 Å². The zero-order chi connectivity index (χ0) is 18.7. The number of ether oxygens (including phenoxy) is 1. The van der Waals surface area contributed by atoms with Crippen molar-refractivity contribution < 1.29 is 19.0 Å². The second-order valence-corrected chi connectivity index (χ2v) is 6.86. The van der Waals surface area contributed by atoms with E-state index in [0.717, 1.165) is 16.7 Å². The van der Waals surface area contributed by atoms with Gasteiger partial charge in [-0.1, -0.05) is 35.9 Å². The summed E-state index contributed by atoms with van der Waals surface area (Å²) in [4.78, 5) is 13.5. The summed E-state index contributed by atoms with van der Waals surface area (Å²) in [5.41, 5.74) is 3.08. The molecular weight excluding hydrogens is 333 g/mol. The lowest BCUT2D eigenvalue weighted by atomic mass is 9.91. The Bertz CT molecular complexity index is 785. The maximum atomic E-state index is 14.3. The highest BCUT2D eigenvalue weighted by Crippen LogP contribution is 2.34. The summed E-state index contributed by atoms with van der Waals surface area (Å²) in [6.07, 6.45) is 1.21. The Morgan fingerprint density at radius 3 is 2.46 bits per heavy atom. The summed E-state index contributed by atoms with van der Waals surface area (Å²) in [5, 5.41) is 9.25. The molecule has 2 aromatic rings. The molecule has 0 aliphatic carbocycles. The number of rotatable bonds is 5. The SMILES string of the molecule is COc1ccc(C(c2cccc(C)c2)N2CCC(C(=O)O)CC2)cc1F. The number of carbonyl (C=O) groups is 1. The Kier molecular flexibility index (Phi) is 5.57. The second kappa shape index (κ2) is 7.87. The molecule has 1 heterocycles. The molecule has 26 heavy (non-hydrogen) atoms. The largest absolute Gasteiger partial charge is 0.494 e. The van der Waals surface area contributed by atoms with Crippen LogP contribution in [0.5, 0.6) is 5.75 Å². The molecule has 138 valence electrons. The number of aryl methyl sites for hydroxylation is 1. The molecule has 0 spiro atoms. The minimum absolute atomic E-state index is 0.106. The molecule has 0 amide bonds. The molecule has 1 N–H and O–H groups in total. The van der Waals surface area contributed by atoms with E-state index in [-0.39, 0.29) is 23.5 Å². The minimum atomic E-state index is -0.729. The van der Waals surface area contributed by atoms with Crippen LogP contribution in [0.25, 0.3) is 0 Å². The molecule has 1 fully saturated rings. The molecule has 0 bridgehead atoms. The van der Waals surface area contributed by atoms with Crippen molar-refractivity contribution in [3.05, 3.63) is 65.0 Å². The standard InChI is InChI=1S/C21H24FNO3/c1-14-4-3-5-16(12-14)20(17-6-7-19(26-2)18(22)13-17)23-10-8-15(9-11-23)21(24)25/h3-7,12-13,15,20H,8-11H2,1-2H3,(H,24,25). The smallest absolute Gasteiger partial charge is 0.306 e. The third-order valence-electron chi connectivity index (χ3n) is 5.09. The normalized spacial score (nSPS) is 17.0. The van der Waals surface area contributed by atoms with Crippen molar-refractivity contribution in [2.75, 3.05) is 20.2 Å². The van der Waals surface area contributed by atoms with Gasteiger partial charge in [-0.15, -0.1) is 0 Å². The third-order valence-corrected chi connectivity index (χ3v) is 5.09. The summed E-state index contributed by atoms with van der Waals surface area (Å²) in [6.45, 7) is 3.37. The van der Waals surface area contributed by atoms with Crippen molar-refractivity contribution >= 4 is 5.97 Å². The van der Waals surface area contributed by atoms with Crippen LogP contribution in [-0.4, -0.2) is 36.2 Å². The van der Waals surface area contributed by atoms with Crippen molar-refractivity contribution in [2.24, 2.45) is 5.92 Å². The van der Waals surface area contributed by atoms with Gasteiger partial charge in [-0.2, -0.15) is 0 Å². The third kappa shape index (κ3) is 3.88. The van der Waals surface area contributed by atoms with E-state index in [9.17, 15) is 14.3 Å². The number of carboxylic acids is 1. The average Bonchev–Trinajstić information content (AvgIpc) is 2.63. The van der Waals surface area contributed by atoms with Crippen molar-refractivity contribution in [2.45, 2.75) is 25.8 Å². The lowest BCUT2D eigenvalue weighted by molar-refractivity contribution is -0.143. The number of carboxylic acid groups (broad SMARTS) is 1. The molecule has 1 aliphatic heterocycles. The Balaban J connectivity index is 1.95. The molecular formula is C21H24FNO3. The van der Waals surface area contributed by atoms with Crippen molar-refractivity contribution in [1.29, 1.82) is 0 Å². The van der Waals surface area contributed by atoms with Crippen molar-refractivity contribution in [3.63, 3.8) is 0 Å². The summed E-state index contributed by atoms with van der Waals surface area (Å²) in [6, 6.07) is 13.1. The zero-order valence-electron chi connectivity index (χ0n) is 15.1. The molecule has 0 aromatic heterocycles. The molecule has 3 rings (SSSR count). The molecule has 0 radical (unpaired) electrons. The van der Waals surface area contributed by atoms with E-state index in [0.29, 0.717) is 25.9 Å². The van der Waals surface area contributed by atoms with Crippen molar-refractivity contribution in [1.82, 2.24) is 4.90 Å². The first-order valence-electron chi connectivity index (χ1n) is 8.86. The van der Waals surface area contributed by atoms with Gasteiger partial charge in [0.25, 0.3) is 0 Å². The highest BCUT2D eigenvalue weighted by molar-refractivity contribution is 5.70.